The molecule has 1 aliphatic rings. The number of hydrogen-bond acceptors (Lipinski definition) is 3. The SMILES string of the molecule is CCCCNC(=O)CN1CCC[C@H]1C(=O)O. The number of hydrogen-bond donors (Lipinski definition) is 2. The fraction of sp³-hybridized carbons (Fsp3) is 0.818. The number of nitrogens with zero attached hydrogens (tertiary/aromatic N) is 1. The van der Waals surface area contributed by atoms with E-state index in [4.69, 9.17) is 5.11 Å². The lowest BCUT2D eigenvalue weighted by atomic mass is 10.2. The zero-order chi connectivity index (χ0) is 12.0. The van der Waals surface area contributed by atoms with Gasteiger partial charge in [-0.2, -0.15) is 0 Å². The number of carbonyl (C=O) groups is 2. The van der Waals surface area contributed by atoms with Crippen molar-refractivity contribution in [1.29, 1.82) is 0 Å². The van der Waals surface area contributed by atoms with Crippen LogP contribution in [0.3, 0.4) is 0 Å². The first-order chi connectivity index (χ1) is 7.65. The average molecular weight is 228 g/mol. The minimum Gasteiger partial charge on any atom is -0.480 e. The second kappa shape index (κ2) is 6.48. The van der Waals surface area contributed by atoms with Crippen LogP contribution < -0.4 is 5.32 Å². The van der Waals surface area contributed by atoms with Crippen molar-refractivity contribution >= 4 is 11.9 Å². The van der Waals surface area contributed by atoms with Gasteiger partial charge in [0.2, 0.25) is 5.91 Å². The van der Waals surface area contributed by atoms with Gasteiger partial charge >= 0.3 is 5.97 Å². The summed E-state index contributed by atoms with van der Waals surface area (Å²) in [5.74, 6) is -0.888. The smallest absolute Gasteiger partial charge is 0.320 e. The van der Waals surface area contributed by atoms with E-state index in [0.29, 0.717) is 19.5 Å². The van der Waals surface area contributed by atoms with E-state index < -0.39 is 12.0 Å². The van der Waals surface area contributed by atoms with E-state index in [1.54, 1.807) is 4.90 Å². The summed E-state index contributed by atoms with van der Waals surface area (Å²) in [5.41, 5.74) is 0. The van der Waals surface area contributed by atoms with Crippen molar-refractivity contribution in [3.8, 4) is 0 Å². The molecule has 0 unspecified atom stereocenters. The first-order valence-corrected chi connectivity index (χ1v) is 5.88. The molecule has 1 saturated heterocycles. The molecule has 5 heteroatoms. The summed E-state index contributed by atoms with van der Waals surface area (Å²) in [6.45, 7) is 3.66. The van der Waals surface area contributed by atoms with Crippen molar-refractivity contribution in [1.82, 2.24) is 10.2 Å². The van der Waals surface area contributed by atoms with Gasteiger partial charge in [0.05, 0.1) is 6.54 Å². The minimum absolute atomic E-state index is 0.0680. The van der Waals surface area contributed by atoms with Gasteiger partial charge in [0.15, 0.2) is 0 Å². The Kier molecular flexibility index (Phi) is 5.25. The van der Waals surface area contributed by atoms with E-state index in [1.807, 2.05) is 0 Å². The molecule has 5 nitrogen and oxygen atoms in total. The van der Waals surface area contributed by atoms with Gasteiger partial charge < -0.3 is 10.4 Å². The van der Waals surface area contributed by atoms with E-state index in [-0.39, 0.29) is 12.5 Å². The molecule has 1 rings (SSSR count). The van der Waals surface area contributed by atoms with E-state index in [2.05, 4.69) is 12.2 Å². The molecule has 16 heavy (non-hydrogen) atoms. The van der Waals surface area contributed by atoms with Crippen LogP contribution in [0.4, 0.5) is 0 Å². The largest absolute Gasteiger partial charge is 0.480 e. The molecule has 0 spiro atoms. The van der Waals surface area contributed by atoms with Gasteiger partial charge in [-0.3, -0.25) is 14.5 Å². The van der Waals surface area contributed by atoms with Crippen molar-refractivity contribution < 1.29 is 14.7 Å². The highest BCUT2D eigenvalue weighted by Crippen LogP contribution is 2.16. The van der Waals surface area contributed by atoms with Gasteiger partial charge in [-0.15, -0.1) is 0 Å². The maximum Gasteiger partial charge on any atom is 0.320 e. The second-order valence-corrected chi connectivity index (χ2v) is 4.17. The van der Waals surface area contributed by atoms with Crippen LogP contribution in [-0.4, -0.2) is 47.6 Å². The third-order valence-corrected chi connectivity index (χ3v) is 2.85. The molecule has 1 amide bonds. The topological polar surface area (TPSA) is 69.6 Å². The number of rotatable bonds is 6. The molecule has 0 aliphatic carbocycles. The van der Waals surface area contributed by atoms with E-state index in [1.165, 1.54) is 0 Å². The minimum atomic E-state index is -0.821. The zero-order valence-corrected chi connectivity index (χ0v) is 9.74. The zero-order valence-electron chi connectivity index (χ0n) is 9.74. The number of unbranched alkanes of at least 4 members (excludes halogenated alkanes) is 1. The number of likely N-dealkylation sites (tertiary alicyclic amines) is 1. The number of nitrogens with one attached hydrogen (secondary N) is 1. The Balaban J connectivity index is 2.30. The molecule has 0 radical (unpaired) electrons. The summed E-state index contributed by atoms with van der Waals surface area (Å²) in [7, 11) is 0. The molecule has 0 saturated carbocycles. The highest BCUT2D eigenvalue weighted by Gasteiger charge is 2.31. The highest BCUT2D eigenvalue weighted by molar-refractivity contribution is 5.80. The predicted molar refractivity (Wildman–Crippen MR) is 60.1 cm³/mol. The maximum absolute atomic E-state index is 11.5. The fourth-order valence-corrected chi connectivity index (χ4v) is 1.94. The van der Waals surface area contributed by atoms with Crippen molar-refractivity contribution in [2.45, 2.75) is 38.6 Å². The van der Waals surface area contributed by atoms with E-state index >= 15 is 0 Å². The summed E-state index contributed by atoms with van der Waals surface area (Å²) < 4.78 is 0. The normalized spacial score (nSPS) is 20.9. The Morgan fingerprint density at radius 2 is 2.25 bits per heavy atom. The molecule has 1 fully saturated rings. The molecule has 2 N–H and O–H groups in total. The molecule has 0 aromatic carbocycles. The monoisotopic (exact) mass is 228 g/mol. The molecule has 1 atom stereocenters. The van der Waals surface area contributed by atoms with Crippen LogP contribution in [-0.2, 0) is 9.59 Å². The molecule has 1 aliphatic heterocycles. The summed E-state index contributed by atoms with van der Waals surface area (Å²) in [4.78, 5) is 24.1. The van der Waals surface area contributed by atoms with Crippen molar-refractivity contribution in [3.05, 3.63) is 0 Å². The lowest BCUT2D eigenvalue weighted by molar-refractivity contribution is -0.142. The Bertz CT molecular complexity index is 256. The molecule has 92 valence electrons. The molecular weight excluding hydrogens is 208 g/mol. The van der Waals surface area contributed by atoms with Gasteiger partial charge in [0.1, 0.15) is 6.04 Å². The van der Waals surface area contributed by atoms with Crippen molar-refractivity contribution in [2.75, 3.05) is 19.6 Å². The third kappa shape index (κ3) is 3.81. The van der Waals surface area contributed by atoms with Gasteiger partial charge in [-0.1, -0.05) is 13.3 Å². The lowest BCUT2D eigenvalue weighted by Gasteiger charge is -2.20. The van der Waals surface area contributed by atoms with Crippen molar-refractivity contribution in [3.63, 3.8) is 0 Å². The van der Waals surface area contributed by atoms with Gasteiger partial charge in [-0.05, 0) is 25.8 Å². The number of amides is 1. The quantitative estimate of drug-likeness (QED) is 0.648. The van der Waals surface area contributed by atoms with Gasteiger partial charge in [-0.25, -0.2) is 0 Å². The Labute approximate surface area is 95.8 Å². The average Bonchev–Trinajstić information content (AvgIpc) is 2.66. The van der Waals surface area contributed by atoms with Crippen LogP contribution in [0, 0.1) is 0 Å². The van der Waals surface area contributed by atoms with Crippen LogP contribution in [0.5, 0.6) is 0 Å². The summed E-state index contributed by atoms with van der Waals surface area (Å²) in [5, 5.41) is 11.7. The molecule has 0 aromatic heterocycles. The van der Waals surface area contributed by atoms with Crippen LogP contribution in [0.2, 0.25) is 0 Å². The summed E-state index contributed by atoms with van der Waals surface area (Å²) in [6.07, 6.45) is 3.52. The maximum atomic E-state index is 11.5. The first-order valence-electron chi connectivity index (χ1n) is 5.88. The molecule has 0 aromatic rings. The van der Waals surface area contributed by atoms with Crippen LogP contribution in [0.25, 0.3) is 0 Å². The molecule has 1 heterocycles. The van der Waals surface area contributed by atoms with E-state index in [0.717, 1.165) is 19.3 Å². The number of carboxylic acids is 1. The highest BCUT2D eigenvalue weighted by atomic mass is 16.4. The predicted octanol–water partition coefficient (Wildman–Crippen LogP) is 0.452. The van der Waals surface area contributed by atoms with Crippen LogP contribution in [0.1, 0.15) is 32.6 Å². The lowest BCUT2D eigenvalue weighted by Crippen LogP contribution is -2.43. The van der Waals surface area contributed by atoms with Gasteiger partial charge in [0.25, 0.3) is 0 Å². The van der Waals surface area contributed by atoms with E-state index in [9.17, 15) is 9.59 Å². The number of carbonyl (C=O) groups excluding carboxylic acids is 1. The number of carboxylic acid groups (broad SMARTS) is 1. The standard InChI is InChI=1S/C11H20N2O3/c1-2-3-6-12-10(14)8-13-7-4-5-9(13)11(15)16/h9H,2-8H2,1H3,(H,12,14)(H,15,16)/t9-/m0/s1. The van der Waals surface area contributed by atoms with Crippen molar-refractivity contribution in [2.24, 2.45) is 0 Å². The summed E-state index contributed by atoms with van der Waals surface area (Å²) in [6, 6.07) is -0.475. The first kappa shape index (κ1) is 13.0. The third-order valence-electron chi connectivity index (χ3n) is 2.85. The van der Waals surface area contributed by atoms with Crippen LogP contribution >= 0.6 is 0 Å². The van der Waals surface area contributed by atoms with Crippen LogP contribution in [0.15, 0.2) is 0 Å². The molecular formula is C11H20N2O3. The Hall–Kier alpha value is -1.10. The number of aliphatic carboxylic acids is 1. The Morgan fingerprint density at radius 1 is 1.50 bits per heavy atom. The Morgan fingerprint density at radius 3 is 2.88 bits per heavy atom. The van der Waals surface area contributed by atoms with Gasteiger partial charge in [0, 0.05) is 6.54 Å². The summed E-state index contributed by atoms with van der Waals surface area (Å²) >= 11 is 0. The molecule has 0 bridgehead atoms. The second-order valence-electron chi connectivity index (χ2n) is 4.17. The fourth-order valence-electron chi connectivity index (χ4n) is 1.94.